The summed E-state index contributed by atoms with van der Waals surface area (Å²) in [7, 11) is 5.13. The van der Waals surface area contributed by atoms with Gasteiger partial charge in [-0.15, -0.1) is 0 Å². The van der Waals surface area contributed by atoms with Crippen LogP contribution in [0.25, 0.3) is 0 Å². The van der Waals surface area contributed by atoms with Crippen molar-refractivity contribution in [3.05, 3.63) is 23.3 Å². The molecule has 1 amide bonds. The van der Waals surface area contributed by atoms with Gasteiger partial charge in [-0.05, 0) is 50.7 Å². The summed E-state index contributed by atoms with van der Waals surface area (Å²) >= 11 is 0. The third kappa shape index (κ3) is 3.37. The number of carbonyl (C=O) groups excluding carboxylic acids is 1. The van der Waals surface area contributed by atoms with Crippen LogP contribution in [0, 0.1) is 12.8 Å². The molecule has 1 aliphatic rings. The van der Waals surface area contributed by atoms with Gasteiger partial charge in [-0.2, -0.15) is 0 Å². The monoisotopic (exact) mass is 305 g/mol. The van der Waals surface area contributed by atoms with Crippen LogP contribution < -0.4 is 9.47 Å². The maximum atomic E-state index is 12.8. The van der Waals surface area contributed by atoms with E-state index in [1.54, 1.807) is 14.2 Å². The highest BCUT2D eigenvalue weighted by Crippen LogP contribution is 2.31. The van der Waals surface area contributed by atoms with Crippen LogP contribution in [0.3, 0.4) is 0 Å². The summed E-state index contributed by atoms with van der Waals surface area (Å²) in [6, 6.07) is 3.95. The summed E-state index contributed by atoms with van der Waals surface area (Å²) < 4.78 is 10.7. The molecule has 122 valence electrons. The Balaban J connectivity index is 2.21. The van der Waals surface area contributed by atoms with Crippen molar-refractivity contribution in [1.29, 1.82) is 0 Å². The van der Waals surface area contributed by atoms with E-state index in [1.807, 2.05) is 31.0 Å². The first kappa shape index (κ1) is 16.7. The predicted octanol–water partition coefficient (Wildman–Crippen LogP) is 3.66. The van der Waals surface area contributed by atoms with Gasteiger partial charge in [0.15, 0.2) is 0 Å². The second-order valence-corrected chi connectivity index (χ2v) is 6.34. The zero-order valence-electron chi connectivity index (χ0n) is 14.3. The molecule has 1 fully saturated rings. The van der Waals surface area contributed by atoms with Gasteiger partial charge in [-0.25, -0.2) is 0 Å². The molecule has 0 aromatic heterocycles. The Kier molecular flexibility index (Phi) is 5.33. The van der Waals surface area contributed by atoms with Gasteiger partial charge in [0.1, 0.15) is 11.5 Å². The second-order valence-electron chi connectivity index (χ2n) is 6.34. The molecule has 1 saturated carbocycles. The van der Waals surface area contributed by atoms with Crippen molar-refractivity contribution in [2.24, 2.45) is 5.92 Å². The molecule has 4 heteroatoms. The Labute approximate surface area is 133 Å². The van der Waals surface area contributed by atoms with Gasteiger partial charge in [0.25, 0.3) is 5.91 Å². The molecule has 0 radical (unpaired) electrons. The molecular formula is C18H27NO3. The number of hydrogen-bond donors (Lipinski definition) is 0. The molecule has 0 bridgehead atoms. The Hall–Kier alpha value is -1.71. The first-order chi connectivity index (χ1) is 10.5. The van der Waals surface area contributed by atoms with Crippen molar-refractivity contribution in [3.8, 4) is 11.5 Å². The molecular weight excluding hydrogens is 278 g/mol. The lowest BCUT2D eigenvalue weighted by Crippen LogP contribution is -2.39. The summed E-state index contributed by atoms with van der Waals surface area (Å²) in [5, 5.41) is 0. The normalized spacial score (nSPS) is 21.3. The largest absolute Gasteiger partial charge is 0.496 e. The van der Waals surface area contributed by atoms with Crippen LogP contribution in [0.1, 0.15) is 48.5 Å². The number of carbonyl (C=O) groups is 1. The van der Waals surface area contributed by atoms with Crippen LogP contribution >= 0.6 is 0 Å². The van der Waals surface area contributed by atoms with E-state index in [2.05, 4.69) is 6.92 Å². The van der Waals surface area contributed by atoms with Crippen molar-refractivity contribution in [2.45, 2.75) is 45.6 Å². The lowest BCUT2D eigenvalue weighted by Gasteiger charge is -2.33. The number of methoxy groups -OCH3 is 2. The summed E-state index contributed by atoms with van der Waals surface area (Å²) in [4.78, 5) is 14.7. The molecule has 0 saturated heterocycles. The van der Waals surface area contributed by atoms with Gasteiger partial charge in [0.2, 0.25) is 0 Å². The minimum Gasteiger partial charge on any atom is -0.496 e. The highest BCUT2D eigenvalue weighted by Gasteiger charge is 2.26. The lowest BCUT2D eigenvalue weighted by molar-refractivity contribution is 0.0679. The minimum atomic E-state index is 0.0381. The highest BCUT2D eigenvalue weighted by atomic mass is 16.5. The zero-order valence-corrected chi connectivity index (χ0v) is 14.3. The molecule has 4 nitrogen and oxygen atoms in total. The van der Waals surface area contributed by atoms with Crippen molar-refractivity contribution < 1.29 is 14.3 Å². The quantitative estimate of drug-likeness (QED) is 0.852. The smallest absolute Gasteiger partial charge is 0.254 e. The van der Waals surface area contributed by atoms with Gasteiger partial charge in [-0.1, -0.05) is 6.92 Å². The van der Waals surface area contributed by atoms with Gasteiger partial charge >= 0.3 is 0 Å². The van der Waals surface area contributed by atoms with E-state index in [4.69, 9.17) is 9.47 Å². The number of rotatable bonds is 4. The maximum Gasteiger partial charge on any atom is 0.254 e. The molecule has 1 aromatic rings. The van der Waals surface area contributed by atoms with Crippen LogP contribution in [0.2, 0.25) is 0 Å². The van der Waals surface area contributed by atoms with Crippen molar-refractivity contribution >= 4 is 5.91 Å². The summed E-state index contributed by atoms with van der Waals surface area (Å²) in [5.41, 5.74) is 1.54. The third-order valence-electron chi connectivity index (χ3n) is 4.85. The fraction of sp³-hybridized carbons (Fsp3) is 0.611. The zero-order chi connectivity index (χ0) is 16.3. The lowest BCUT2D eigenvalue weighted by atomic mass is 9.86. The minimum absolute atomic E-state index is 0.0381. The van der Waals surface area contributed by atoms with Crippen LogP contribution in [0.4, 0.5) is 0 Å². The first-order valence-corrected chi connectivity index (χ1v) is 7.97. The van der Waals surface area contributed by atoms with Crippen LogP contribution in [0.5, 0.6) is 11.5 Å². The Morgan fingerprint density at radius 1 is 1.09 bits per heavy atom. The highest BCUT2D eigenvalue weighted by molar-refractivity contribution is 5.95. The van der Waals surface area contributed by atoms with Crippen LogP contribution in [-0.4, -0.2) is 38.1 Å². The van der Waals surface area contributed by atoms with Gasteiger partial charge < -0.3 is 14.4 Å². The molecule has 1 aliphatic carbocycles. The molecule has 2 rings (SSSR count). The summed E-state index contributed by atoms with van der Waals surface area (Å²) in [6.45, 7) is 4.21. The van der Waals surface area contributed by atoms with Crippen molar-refractivity contribution in [1.82, 2.24) is 4.90 Å². The average molecular weight is 305 g/mol. The van der Waals surface area contributed by atoms with Crippen molar-refractivity contribution in [3.63, 3.8) is 0 Å². The number of benzene rings is 1. The van der Waals surface area contributed by atoms with E-state index in [1.165, 1.54) is 12.8 Å². The molecule has 0 N–H and O–H groups in total. The van der Waals surface area contributed by atoms with Gasteiger partial charge in [0.05, 0.1) is 14.2 Å². The molecule has 0 heterocycles. The molecule has 0 aliphatic heterocycles. The fourth-order valence-corrected chi connectivity index (χ4v) is 3.21. The Morgan fingerprint density at radius 2 is 1.59 bits per heavy atom. The second kappa shape index (κ2) is 7.03. The molecule has 0 atom stereocenters. The third-order valence-corrected chi connectivity index (χ3v) is 4.85. The maximum absolute atomic E-state index is 12.8. The SMILES string of the molecule is COc1cc(C(=O)N(C)C2CCC(C)CC2)cc(OC)c1C. The summed E-state index contributed by atoms with van der Waals surface area (Å²) in [6.07, 6.45) is 4.57. The van der Waals surface area contributed by atoms with Crippen LogP contribution in [-0.2, 0) is 0 Å². The Bertz CT molecular complexity index is 508. The molecule has 0 unspecified atom stereocenters. The number of ether oxygens (including phenoxy) is 2. The standard InChI is InChI=1S/C18H27NO3/c1-12-6-8-15(9-7-12)19(3)18(20)14-10-16(21-4)13(2)17(11-14)22-5/h10-12,15H,6-9H2,1-5H3. The number of amides is 1. The van der Waals surface area contributed by atoms with E-state index in [0.29, 0.717) is 23.1 Å². The topological polar surface area (TPSA) is 38.8 Å². The van der Waals surface area contributed by atoms with Crippen LogP contribution in [0.15, 0.2) is 12.1 Å². The van der Waals surface area contributed by atoms with E-state index < -0.39 is 0 Å². The number of hydrogen-bond acceptors (Lipinski definition) is 3. The van der Waals surface area contributed by atoms with E-state index >= 15 is 0 Å². The molecule has 1 aromatic carbocycles. The van der Waals surface area contributed by atoms with Crippen molar-refractivity contribution in [2.75, 3.05) is 21.3 Å². The first-order valence-electron chi connectivity index (χ1n) is 7.97. The van der Waals surface area contributed by atoms with E-state index in [-0.39, 0.29) is 5.91 Å². The average Bonchev–Trinajstić information content (AvgIpc) is 2.54. The van der Waals surface area contributed by atoms with E-state index in [9.17, 15) is 4.79 Å². The Morgan fingerprint density at radius 3 is 2.05 bits per heavy atom. The fourth-order valence-electron chi connectivity index (χ4n) is 3.21. The molecule has 0 spiro atoms. The van der Waals surface area contributed by atoms with Gasteiger partial charge in [0, 0.05) is 24.2 Å². The van der Waals surface area contributed by atoms with Gasteiger partial charge in [-0.3, -0.25) is 4.79 Å². The predicted molar refractivity (Wildman–Crippen MR) is 87.8 cm³/mol. The van der Waals surface area contributed by atoms with E-state index in [0.717, 1.165) is 24.3 Å². The molecule has 22 heavy (non-hydrogen) atoms. The number of nitrogens with zero attached hydrogens (tertiary/aromatic N) is 1. The summed E-state index contributed by atoms with van der Waals surface area (Å²) in [5.74, 6) is 2.19.